The van der Waals surface area contributed by atoms with Crippen LogP contribution in [0.1, 0.15) is 13.3 Å². The number of hydrogen-bond acceptors (Lipinski definition) is 3. The lowest BCUT2D eigenvalue weighted by Gasteiger charge is -2.08. The lowest BCUT2D eigenvalue weighted by molar-refractivity contribution is -0.121. The van der Waals surface area contributed by atoms with Crippen LogP contribution in [0.25, 0.3) is 0 Å². The Morgan fingerprint density at radius 3 is 2.94 bits per heavy atom. The number of pyridine rings is 1. The van der Waals surface area contributed by atoms with Crippen molar-refractivity contribution in [1.82, 2.24) is 9.88 Å². The Bertz CT molecular complexity index is 443. The number of hydrogen-bond donors (Lipinski definition) is 2. The van der Waals surface area contributed by atoms with Crippen LogP contribution >= 0.6 is 15.9 Å². The molecular weight excluding hydrogens is 288 g/mol. The molecule has 2 N–H and O–H groups in total. The maximum Gasteiger partial charge on any atom is 0.251 e. The van der Waals surface area contributed by atoms with Crippen molar-refractivity contribution in [2.45, 2.75) is 26.0 Å². The molecule has 0 aliphatic rings. The van der Waals surface area contributed by atoms with Gasteiger partial charge in [0.05, 0.1) is 6.10 Å². The molecule has 1 rings (SSSR count). The van der Waals surface area contributed by atoms with E-state index in [0.29, 0.717) is 13.0 Å². The lowest BCUT2D eigenvalue weighted by Crippen LogP contribution is -2.33. The summed E-state index contributed by atoms with van der Waals surface area (Å²) in [7, 11) is 0. The van der Waals surface area contributed by atoms with Crippen molar-refractivity contribution < 1.29 is 9.90 Å². The van der Waals surface area contributed by atoms with Crippen molar-refractivity contribution in [2.75, 3.05) is 6.54 Å². The summed E-state index contributed by atoms with van der Waals surface area (Å²) < 4.78 is 2.07. The Labute approximate surface area is 108 Å². The lowest BCUT2D eigenvalue weighted by atomic mass is 10.3. The van der Waals surface area contributed by atoms with Crippen molar-refractivity contribution in [3.8, 4) is 0 Å². The molecular formula is C11H15BrN2O3. The normalized spacial score (nSPS) is 12.2. The molecule has 1 aromatic heterocycles. The van der Waals surface area contributed by atoms with E-state index in [4.69, 9.17) is 5.11 Å². The van der Waals surface area contributed by atoms with E-state index >= 15 is 0 Å². The maximum absolute atomic E-state index is 11.5. The van der Waals surface area contributed by atoms with Gasteiger partial charge in [-0.05, 0) is 35.3 Å². The molecule has 0 aliphatic heterocycles. The third kappa shape index (κ3) is 5.14. The van der Waals surface area contributed by atoms with Gasteiger partial charge in [0.1, 0.15) is 6.54 Å². The van der Waals surface area contributed by atoms with E-state index < -0.39 is 6.10 Å². The highest BCUT2D eigenvalue weighted by Gasteiger charge is 2.05. The minimum absolute atomic E-state index is 0.0158. The Kier molecular flexibility index (Phi) is 5.37. The second-order valence-electron chi connectivity index (χ2n) is 3.80. The number of aromatic nitrogens is 1. The van der Waals surface area contributed by atoms with Gasteiger partial charge < -0.3 is 15.0 Å². The molecule has 1 aromatic rings. The summed E-state index contributed by atoms with van der Waals surface area (Å²) in [6.45, 7) is 2.04. The molecule has 0 aliphatic carbocycles. The molecule has 1 unspecified atom stereocenters. The largest absolute Gasteiger partial charge is 0.393 e. The summed E-state index contributed by atoms with van der Waals surface area (Å²) in [5.74, 6) is -0.245. The summed E-state index contributed by atoms with van der Waals surface area (Å²) in [5.41, 5.74) is -0.223. The highest BCUT2D eigenvalue weighted by molar-refractivity contribution is 9.10. The number of halogens is 1. The van der Waals surface area contributed by atoms with E-state index in [9.17, 15) is 9.59 Å². The third-order valence-electron chi connectivity index (χ3n) is 2.15. The zero-order chi connectivity index (χ0) is 12.8. The summed E-state index contributed by atoms with van der Waals surface area (Å²) >= 11 is 3.23. The topological polar surface area (TPSA) is 71.3 Å². The minimum Gasteiger partial charge on any atom is -0.393 e. The minimum atomic E-state index is -0.441. The number of aliphatic hydroxyl groups is 1. The van der Waals surface area contributed by atoms with Crippen molar-refractivity contribution in [2.24, 2.45) is 0 Å². The van der Waals surface area contributed by atoms with Crippen molar-refractivity contribution >= 4 is 21.8 Å². The van der Waals surface area contributed by atoms with Gasteiger partial charge in [0, 0.05) is 23.3 Å². The van der Waals surface area contributed by atoms with Crippen LogP contribution in [0, 0.1) is 0 Å². The van der Waals surface area contributed by atoms with Crippen LogP contribution in [0.15, 0.2) is 27.6 Å². The molecule has 0 fully saturated rings. The molecule has 94 valence electrons. The number of aliphatic hydroxyl groups excluding tert-OH is 1. The van der Waals surface area contributed by atoms with Gasteiger partial charge in [-0.15, -0.1) is 0 Å². The number of nitrogens with one attached hydrogen (secondary N) is 1. The average molecular weight is 303 g/mol. The van der Waals surface area contributed by atoms with E-state index in [1.54, 1.807) is 19.2 Å². The number of nitrogens with zero attached hydrogens (tertiary/aromatic N) is 1. The molecule has 1 amide bonds. The molecule has 0 aromatic carbocycles. The second-order valence-corrected chi connectivity index (χ2v) is 4.72. The molecule has 0 saturated carbocycles. The standard InChI is InChI=1S/C11H15BrN2O3/c1-8(15)4-5-13-10(16)7-14-6-9(12)2-3-11(14)17/h2-3,6,8,15H,4-5,7H2,1H3,(H,13,16). The van der Waals surface area contributed by atoms with Crippen molar-refractivity contribution in [3.63, 3.8) is 0 Å². The van der Waals surface area contributed by atoms with Gasteiger partial charge >= 0.3 is 0 Å². The van der Waals surface area contributed by atoms with E-state index in [1.165, 1.54) is 10.6 Å². The molecule has 0 spiro atoms. The Hall–Kier alpha value is -1.14. The first-order valence-corrected chi connectivity index (χ1v) is 6.09. The van der Waals surface area contributed by atoms with Crippen molar-refractivity contribution in [1.29, 1.82) is 0 Å². The van der Waals surface area contributed by atoms with Gasteiger partial charge in [-0.2, -0.15) is 0 Å². The SMILES string of the molecule is CC(O)CCNC(=O)Cn1cc(Br)ccc1=O. The summed E-state index contributed by atoms with van der Waals surface area (Å²) in [6, 6.07) is 3.03. The summed E-state index contributed by atoms with van der Waals surface area (Å²) in [6.07, 6.45) is 1.62. The molecule has 17 heavy (non-hydrogen) atoms. The van der Waals surface area contributed by atoms with Crippen LogP contribution in [0.3, 0.4) is 0 Å². The van der Waals surface area contributed by atoms with Gasteiger partial charge in [0.2, 0.25) is 5.91 Å². The first-order valence-electron chi connectivity index (χ1n) is 5.30. The molecule has 1 atom stereocenters. The van der Waals surface area contributed by atoms with Gasteiger partial charge in [-0.3, -0.25) is 9.59 Å². The van der Waals surface area contributed by atoms with E-state index in [2.05, 4.69) is 21.2 Å². The summed E-state index contributed by atoms with van der Waals surface area (Å²) in [4.78, 5) is 22.9. The molecule has 5 nitrogen and oxygen atoms in total. The van der Waals surface area contributed by atoms with Crippen LogP contribution in [-0.2, 0) is 11.3 Å². The van der Waals surface area contributed by atoms with E-state index in [-0.39, 0.29) is 18.0 Å². The molecule has 1 heterocycles. The predicted octanol–water partition coefficient (Wildman–Crippen LogP) is 0.498. The van der Waals surface area contributed by atoms with Gasteiger partial charge in [0.15, 0.2) is 0 Å². The van der Waals surface area contributed by atoms with Gasteiger partial charge in [0.25, 0.3) is 5.56 Å². The van der Waals surface area contributed by atoms with Crippen LogP contribution in [0.4, 0.5) is 0 Å². The molecule has 0 bridgehead atoms. The number of carbonyl (C=O) groups is 1. The van der Waals surface area contributed by atoms with Crippen LogP contribution in [-0.4, -0.2) is 28.2 Å². The fourth-order valence-corrected chi connectivity index (χ4v) is 1.64. The smallest absolute Gasteiger partial charge is 0.251 e. The number of carbonyl (C=O) groups excluding carboxylic acids is 1. The molecule has 0 radical (unpaired) electrons. The quantitative estimate of drug-likeness (QED) is 0.832. The Morgan fingerprint density at radius 1 is 1.59 bits per heavy atom. The highest BCUT2D eigenvalue weighted by atomic mass is 79.9. The number of amides is 1. The van der Waals surface area contributed by atoms with Crippen LogP contribution in [0.2, 0.25) is 0 Å². The van der Waals surface area contributed by atoms with Crippen LogP contribution < -0.4 is 10.9 Å². The van der Waals surface area contributed by atoms with Gasteiger partial charge in [-0.1, -0.05) is 0 Å². The average Bonchev–Trinajstić information content (AvgIpc) is 2.23. The Morgan fingerprint density at radius 2 is 2.29 bits per heavy atom. The predicted molar refractivity (Wildman–Crippen MR) is 67.7 cm³/mol. The maximum atomic E-state index is 11.5. The first kappa shape index (κ1) is 13.9. The molecule has 6 heteroatoms. The fourth-order valence-electron chi connectivity index (χ4n) is 1.26. The van der Waals surface area contributed by atoms with E-state index in [1.807, 2.05) is 0 Å². The summed E-state index contributed by atoms with van der Waals surface area (Å²) in [5, 5.41) is 11.7. The van der Waals surface area contributed by atoms with Crippen LogP contribution in [0.5, 0.6) is 0 Å². The molecule has 0 saturated heterocycles. The third-order valence-corrected chi connectivity index (χ3v) is 2.61. The second kappa shape index (κ2) is 6.56. The highest BCUT2D eigenvalue weighted by Crippen LogP contribution is 2.04. The zero-order valence-electron chi connectivity index (χ0n) is 9.52. The van der Waals surface area contributed by atoms with Crippen molar-refractivity contribution in [3.05, 3.63) is 33.2 Å². The fraction of sp³-hybridized carbons (Fsp3) is 0.455. The Balaban J connectivity index is 2.50. The monoisotopic (exact) mass is 302 g/mol. The first-order chi connectivity index (χ1) is 7.99. The van der Waals surface area contributed by atoms with Gasteiger partial charge in [-0.25, -0.2) is 0 Å². The van der Waals surface area contributed by atoms with E-state index in [0.717, 1.165) is 4.47 Å². The zero-order valence-corrected chi connectivity index (χ0v) is 11.1. The number of rotatable bonds is 5.